The van der Waals surface area contributed by atoms with Crippen molar-refractivity contribution >= 4 is 43.7 Å². The zero-order chi connectivity index (χ0) is 41.4. The highest BCUT2D eigenvalue weighted by molar-refractivity contribution is 6.27. The van der Waals surface area contributed by atoms with Crippen molar-refractivity contribution in [2.45, 2.75) is 102 Å². The first-order chi connectivity index (χ1) is 26.8. The molecule has 0 heterocycles. The van der Waals surface area contributed by atoms with E-state index in [1.807, 2.05) is 32.1 Å². The summed E-state index contributed by atoms with van der Waals surface area (Å²) in [5.74, 6) is 0. The van der Waals surface area contributed by atoms with E-state index in [9.17, 15) is 0 Å². The molecule has 0 amide bonds. The van der Waals surface area contributed by atoms with Gasteiger partial charge in [-0.1, -0.05) is 165 Å². The molecule has 56 heavy (non-hydrogen) atoms. The van der Waals surface area contributed by atoms with Gasteiger partial charge >= 0.3 is 0 Å². The van der Waals surface area contributed by atoms with Crippen molar-refractivity contribution in [3.8, 4) is 0 Å². The van der Waals surface area contributed by atoms with Gasteiger partial charge < -0.3 is 5.32 Å². The van der Waals surface area contributed by atoms with Gasteiger partial charge in [0.05, 0.1) is 0 Å². The molecular weight excluding hydrogens is 675 g/mol. The van der Waals surface area contributed by atoms with Gasteiger partial charge in [0.1, 0.15) is 0 Å². The molecule has 6 aromatic rings. The smallest absolute Gasteiger partial charge is 0.0467 e. The number of rotatable bonds is 9. The first-order valence-corrected chi connectivity index (χ1v) is 20.3. The summed E-state index contributed by atoms with van der Waals surface area (Å²) in [5.41, 5.74) is 15.7. The van der Waals surface area contributed by atoms with Crippen molar-refractivity contribution < 1.29 is 0 Å². The molecule has 292 valence electrons. The Morgan fingerprint density at radius 2 is 1.07 bits per heavy atom. The molecule has 0 aliphatic carbocycles. The standard InChI is InChI=1S/C29H29N.C9H12.C9H14.C8H12/c1-6-20-15-19(5)23-8-9-25-21(7-2)16-27(26-11-10-24(20)28(23)29(25)26)30-22-13-17(3)12-18(4)14-22;1-7-4-8(2)6-9(3)5-7;1-4-6-7-8-9(3)5-2;1-4-6-7-8(3)5-2/h8-16,30H,6-7H2,1-5H3;4-6H,1-3H3;5-8H,2,4H2,1,3H3;4-7H,1H2,2-3H3/b;;7-6-,9-8-;7-6-,8-5-. The first-order valence-electron chi connectivity index (χ1n) is 20.3. The van der Waals surface area contributed by atoms with Gasteiger partial charge in [0, 0.05) is 16.8 Å². The summed E-state index contributed by atoms with van der Waals surface area (Å²) in [5, 5.41) is 12.1. The molecular formula is C55H67N. The van der Waals surface area contributed by atoms with Crippen molar-refractivity contribution in [1.29, 1.82) is 0 Å². The van der Waals surface area contributed by atoms with E-state index in [1.165, 1.54) is 93.7 Å². The Labute approximate surface area is 340 Å². The van der Waals surface area contributed by atoms with E-state index in [0.717, 1.165) is 24.9 Å². The minimum atomic E-state index is 1.02. The van der Waals surface area contributed by atoms with E-state index in [4.69, 9.17) is 0 Å². The third-order valence-electron chi connectivity index (χ3n) is 9.91. The van der Waals surface area contributed by atoms with Gasteiger partial charge in [0.2, 0.25) is 0 Å². The lowest BCUT2D eigenvalue weighted by atomic mass is 9.86. The number of hydrogen-bond donors (Lipinski definition) is 1. The van der Waals surface area contributed by atoms with Crippen molar-refractivity contribution in [3.05, 3.63) is 190 Å². The van der Waals surface area contributed by atoms with E-state index in [2.05, 4.69) is 185 Å². The average molecular weight is 742 g/mol. The molecule has 1 N–H and O–H groups in total. The predicted molar refractivity (Wildman–Crippen MR) is 256 cm³/mol. The Kier molecular flexibility index (Phi) is 17.9. The van der Waals surface area contributed by atoms with E-state index in [1.54, 1.807) is 6.08 Å². The Morgan fingerprint density at radius 3 is 1.55 bits per heavy atom. The molecule has 0 aliphatic heterocycles. The number of nitrogens with one attached hydrogen (secondary N) is 1. The van der Waals surface area contributed by atoms with Crippen LogP contribution in [0.2, 0.25) is 0 Å². The fraction of sp³-hybridized carbons (Fsp3) is 0.273. The van der Waals surface area contributed by atoms with Crippen LogP contribution in [0.1, 0.15) is 92.5 Å². The molecule has 0 fully saturated rings. The molecule has 0 saturated heterocycles. The summed E-state index contributed by atoms with van der Waals surface area (Å²) < 4.78 is 0. The molecule has 0 spiro atoms. The topological polar surface area (TPSA) is 12.0 Å². The van der Waals surface area contributed by atoms with Gasteiger partial charge in [-0.3, -0.25) is 0 Å². The third-order valence-corrected chi connectivity index (χ3v) is 9.91. The lowest BCUT2D eigenvalue weighted by Crippen LogP contribution is -1.98. The lowest BCUT2D eigenvalue weighted by molar-refractivity contribution is 1.15. The summed E-state index contributed by atoms with van der Waals surface area (Å²) in [6.07, 6.45) is 19.0. The summed E-state index contributed by atoms with van der Waals surface area (Å²) in [6, 6.07) is 27.3. The van der Waals surface area contributed by atoms with Crippen LogP contribution in [0.5, 0.6) is 0 Å². The zero-order valence-corrected chi connectivity index (χ0v) is 36.6. The maximum absolute atomic E-state index is 3.76. The molecule has 0 aromatic heterocycles. The van der Waals surface area contributed by atoms with E-state index < -0.39 is 0 Å². The number of benzene rings is 6. The van der Waals surface area contributed by atoms with Crippen LogP contribution in [-0.4, -0.2) is 0 Å². The first kappa shape index (κ1) is 45.0. The SMILES string of the molecule is C=C/C(C)=C\C=C/CC.C=C/C=C\C(C)=C/C.CCc1cc(C)c2ccc3c(CC)cc(Nc4cc(C)cc(C)c4)c4ccc1c2c34.Cc1cc(C)cc(C)c1. The van der Waals surface area contributed by atoms with Crippen LogP contribution >= 0.6 is 0 Å². The van der Waals surface area contributed by atoms with Gasteiger partial charge in [0.25, 0.3) is 0 Å². The van der Waals surface area contributed by atoms with E-state index in [-0.39, 0.29) is 0 Å². The van der Waals surface area contributed by atoms with Crippen LogP contribution in [0, 0.1) is 41.5 Å². The number of anilines is 2. The fourth-order valence-corrected chi connectivity index (χ4v) is 7.16. The minimum absolute atomic E-state index is 1.02. The molecule has 0 bridgehead atoms. The molecule has 0 atom stereocenters. The van der Waals surface area contributed by atoms with Crippen LogP contribution in [0.15, 0.2) is 146 Å². The highest BCUT2D eigenvalue weighted by Gasteiger charge is 2.17. The summed E-state index contributed by atoms with van der Waals surface area (Å²) in [6.45, 7) is 32.9. The molecule has 1 nitrogen and oxygen atoms in total. The predicted octanol–water partition coefficient (Wildman–Crippen LogP) is 16.8. The van der Waals surface area contributed by atoms with Gasteiger partial charge in [-0.15, -0.1) is 0 Å². The molecule has 1 heteroatoms. The van der Waals surface area contributed by atoms with Crippen molar-refractivity contribution in [2.24, 2.45) is 0 Å². The van der Waals surface area contributed by atoms with Crippen LogP contribution in [0.4, 0.5) is 11.4 Å². The van der Waals surface area contributed by atoms with Gasteiger partial charge in [-0.2, -0.15) is 0 Å². The Hall–Kier alpha value is -5.40. The second kappa shape index (κ2) is 22.2. The monoisotopic (exact) mass is 742 g/mol. The molecule has 0 saturated carbocycles. The number of aryl methyl sites for hydroxylation is 8. The quantitative estimate of drug-likeness (QED) is 0.115. The van der Waals surface area contributed by atoms with Crippen molar-refractivity contribution in [2.75, 3.05) is 5.32 Å². The molecule has 0 radical (unpaired) electrons. The van der Waals surface area contributed by atoms with Crippen molar-refractivity contribution in [1.82, 2.24) is 0 Å². The number of hydrogen-bond acceptors (Lipinski definition) is 1. The molecule has 0 aliphatic rings. The minimum Gasteiger partial charge on any atom is -0.355 e. The van der Waals surface area contributed by atoms with Crippen LogP contribution in [0.3, 0.4) is 0 Å². The lowest BCUT2D eigenvalue weighted by Gasteiger charge is -2.20. The zero-order valence-electron chi connectivity index (χ0n) is 36.6. The highest BCUT2D eigenvalue weighted by atomic mass is 14.9. The second-order valence-corrected chi connectivity index (χ2v) is 15.0. The second-order valence-electron chi connectivity index (χ2n) is 15.0. The maximum atomic E-state index is 3.76. The summed E-state index contributed by atoms with van der Waals surface area (Å²) in [4.78, 5) is 0. The highest BCUT2D eigenvalue weighted by Crippen LogP contribution is 2.42. The van der Waals surface area contributed by atoms with E-state index >= 15 is 0 Å². The Balaban J connectivity index is 0.000000263. The molecule has 6 rings (SSSR count). The van der Waals surface area contributed by atoms with Gasteiger partial charge in [-0.05, 0) is 155 Å². The Morgan fingerprint density at radius 1 is 0.589 bits per heavy atom. The molecule has 6 aromatic carbocycles. The van der Waals surface area contributed by atoms with Crippen LogP contribution in [0.25, 0.3) is 32.3 Å². The largest absolute Gasteiger partial charge is 0.355 e. The fourth-order valence-electron chi connectivity index (χ4n) is 7.16. The third kappa shape index (κ3) is 12.6. The number of allylic oxidation sites excluding steroid dienone is 10. The van der Waals surface area contributed by atoms with Gasteiger partial charge in [0.15, 0.2) is 0 Å². The summed E-state index contributed by atoms with van der Waals surface area (Å²) in [7, 11) is 0. The Bertz CT molecular complexity index is 2280. The summed E-state index contributed by atoms with van der Waals surface area (Å²) >= 11 is 0. The van der Waals surface area contributed by atoms with Crippen molar-refractivity contribution in [3.63, 3.8) is 0 Å². The van der Waals surface area contributed by atoms with E-state index in [0.29, 0.717) is 0 Å². The maximum Gasteiger partial charge on any atom is 0.0467 e. The molecule has 0 unspecified atom stereocenters. The average Bonchev–Trinajstić information content (AvgIpc) is 3.16. The normalized spacial score (nSPS) is 11.6. The van der Waals surface area contributed by atoms with Gasteiger partial charge in [-0.25, -0.2) is 0 Å². The van der Waals surface area contributed by atoms with Crippen LogP contribution < -0.4 is 5.32 Å². The van der Waals surface area contributed by atoms with Crippen LogP contribution in [-0.2, 0) is 12.8 Å².